The van der Waals surface area contributed by atoms with Gasteiger partial charge in [-0.25, -0.2) is 4.99 Å². The van der Waals surface area contributed by atoms with E-state index in [1.807, 2.05) is 43.3 Å². The van der Waals surface area contributed by atoms with Crippen LogP contribution in [0.2, 0.25) is 0 Å². The summed E-state index contributed by atoms with van der Waals surface area (Å²) in [6.45, 7) is 11.2. The monoisotopic (exact) mass is 683 g/mol. The zero-order chi connectivity index (χ0) is 36.1. The molecule has 0 fully saturated rings. The molecule has 9 rings (SSSR count). The van der Waals surface area contributed by atoms with Crippen molar-refractivity contribution in [2.45, 2.75) is 20.8 Å². The fourth-order valence-corrected chi connectivity index (χ4v) is 7.55. The molecule has 0 unspecified atom stereocenters. The Balaban J connectivity index is 1.20. The van der Waals surface area contributed by atoms with E-state index in [-0.39, 0.29) is 0 Å². The van der Waals surface area contributed by atoms with Crippen LogP contribution in [0, 0.1) is 13.8 Å². The standard InChI is InChI=1S/C50H37NO2/c1-31-22-23-37(38-25-27-46-44(29-38)41-19-11-12-21-45(41)52-46)28-43(31)48-32(2)14-13-20-40(48)33(3)49-42-26-24-39(36-17-9-6-10-18-36)30-47(42)53-50(49)51-34(4)35-15-7-5-8-16-35/h5-30H,3H2,1-2,4H3/b51-34+. The Bertz CT molecular complexity index is 2870. The van der Waals surface area contributed by atoms with Crippen LogP contribution >= 0.6 is 0 Å². The molecule has 254 valence electrons. The maximum Gasteiger partial charge on any atom is 0.228 e. The van der Waals surface area contributed by atoms with Crippen molar-refractivity contribution in [1.82, 2.24) is 0 Å². The number of aryl methyl sites for hydroxylation is 2. The van der Waals surface area contributed by atoms with Crippen LogP contribution in [0.1, 0.15) is 34.7 Å². The van der Waals surface area contributed by atoms with Gasteiger partial charge in [0.15, 0.2) is 0 Å². The fraction of sp³-hybridized carbons (Fsp3) is 0.0600. The Kier molecular flexibility index (Phi) is 7.97. The Morgan fingerprint density at radius 3 is 2.02 bits per heavy atom. The lowest BCUT2D eigenvalue weighted by Gasteiger charge is -2.18. The van der Waals surface area contributed by atoms with Crippen LogP contribution in [0.5, 0.6) is 0 Å². The number of nitrogens with zero attached hydrogens (tertiary/aromatic N) is 1. The molecule has 0 aliphatic rings. The third-order valence-corrected chi connectivity index (χ3v) is 10.4. The largest absolute Gasteiger partial charge is 0.456 e. The molecule has 3 heteroatoms. The van der Waals surface area contributed by atoms with Crippen LogP contribution in [0.25, 0.3) is 71.9 Å². The van der Waals surface area contributed by atoms with Crippen molar-refractivity contribution in [1.29, 1.82) is 0 Å². The molecule has 0 aliphatic heterocycles. The van der Waals surface area contributed by atoms with E-state index >= 15 is 0 Å². The minimum Gasteiger partial charge on any atom is -0.456 e. The van der Waals surface area contributed by atoms with Crippen molar-refractivity contribution in [2.75, 3.05) is 0 Å². The second kappa shape index (κ2) is 13.1. The van der Waals surface area contributed by atoms with Crippen molar-refractivity contribution in [2.24, 2.45) is 4.99 Å². The summed E-state index contributed by atoms with van der Waals surface area (Å²) < 4.78 is 12.8. The lowest BCUT2D eigenvalue weighted by Crippen LogP contribution is -1.97. The normalized spacial score (nSPS) is 11.9. The van der Waals surface area contributed by atoms with E-state index in [0.29, 0.717) is 5.88 Å². The molecule has 0 saturated heterocycles. The maximum atomic E-state index is 6.68. The van der Waals surface area contributed by atoms with Crippen LogP contribution in [-0.2, 0) is 0 Å². The highest BCUT2D eigenvalue weighted by Gasteiger charge is 2.23. The summed E-state index contributed by atoms with van der Waals surface area (Å²) in [5.74, 6) is 0.551. The second-order valence-electron chi connectivity index (χ2n) is 13.7. The Morgan fingerprint density at radius 1 is 0.509 bits per heavy atom. The molecule has 0 saturated carbocycles. The van der Waals surface area contributed by atoms with Gasteiger partial charge in [0.1, 0.15) is 16.7 Å². The molecule has 0 radical (unpaired) electrons. The van der Waals surface area contributed by atoms with Gasteiger partial charge in [0.05, 0.1) is 5.56 Å². The van der Waals surface area contributed by atoms with Crippen LogP contribution in [0.3, 0.4) is 0 Å². The molecule has 53 heavy (non-hydrogen) atoms. The summed E-state index contributed by atoms with van der Waals surface area (Å²) in [6.07, 6.45) is 0. The van der Waals surface area contributed by atoms with E-state index in [9.17, 15) is 0 Å². The molecule has 0 N–H and O–H groups in total. The Labute approximate surface area is 309 Å². The predicted octanol–water partition coefficient (Wildman–Crippen LogP) is 14.2. The first-order valence-electron chi connectivity index (χ1n) is 18.0. The van der Waals surface area contributed by atoms with Crippen molar-refractivity contribution >= 4 is 50.1 Å². The number of para-hydroxylation sites is 1. The summed E-state index contributed by atoms with van der Waals surface area (Å²) in [6, 6.07) is 55.0. The van der Waals surface area contributed by atoms with Gasteiger partial charge < -0.3 is 8.83 Å². The summed E-state index contributed by atoms with van der Waals surface area (Å²) in [7, 11) is 0. The fourth-order valence-electron chi connectivity index (χ4n) is 7.55. The van der Waals surface area contributed by atoms with Crippen LogP contribution in [-0.4, -0.2) is 5.71 Å². The third kappa shape index (κ3) is 5.77. The number of fused-ring (bicyclic) bond motifs is 4. The van der Waals surface area contributed by atoms with Gasteiger partial charge in [0, 0.05) is 21.9 Å². The molecular formula is C50H37NO2. The van der Waals surface area contributed by atoms with Gasteiger partial charge in [-0.1, -0.05) is 128 Å². The molecule has 0 spiro atoms. The number of aliphatic imine (C=N–C) groups is 1. The minimum atomic E-state index is 0.551. The summed E-state index contributed by atoms with van der Waals surface area (Å²) in [5.41, 5.74) is 16.5. The average molecular weight is 684 g/mol. The maximum absolute atomic E-state index is 6.68. The topological polar surface area (TPSA) is 38.6 Å². The molecule has 0 bridgehead atoms. The van der Waals surface area contributed by atoms with E-state index < -0.39 is 0 Å². The molecule has 9 aromatic rings. The van der Waals surface area contributed by atoms with E-state index in [4.69, 9.17) is 20.4 Å². The lowest BCUT2D eigenvalue weighted by atomic mass is 9.85. The van der Waals surface area contributed by atoms with Gasteiger partial charge in [0.25, 0.3) is 0 Å². The molecule has 3 nitrogen and oxygen atoms in total. The van der Waals surface area contributed by atoms with Gasteiger partial charge in [0.2, 0.25) is 5.88 Å². The SMILES string of the molecule is C=C(c1cccc(C)c1-c1cc(-c2ccc3oc4ccccc4c3c2)ccc1C)c1c(/N=C(\C)c2ccccc2)oc2cc(-c3ccccc3)ccc12. The van der Waals surface area contributed by atoms with Gasteiger partial charge in [-0.05, 0) is 118 Å². The smallest absolute Gasteiger partial charge is 0.228 e. The number of furan rings is 2. The quantitative estimate of drug-likeness (QED) is 0.157. The van der Waals surface area contributed by atoms with Crippen molar-refractivity contribution in [3.05, 3.63) is 192 Å². The lowest BCUT2D eigenvalue weighted by molar-refractivity contribution is 0.625. The first kappa shape index (κ1) is 32.2. The van der Waals surface area contributed by atoms with E-state index in [1.165, 1.54) is 16.7 Å². The zero-order valence-electron chi connectivity index (χ0n) is 30.0. The van der Waals surface area contributed by atoms with Crippen LogP contribution in [0.15, 0.2) is 178 Å². The summed E-state index contributed by atoms with van der Waals surface area (Å²) in [4.78, 5) is 5.14. The molecule has 0 amide bonds. The van der Waals surface area contributed by atoms with E-state index in [1.54, 1.807) is 0 Å². The predicted molar refractivity (Wildman–Crippen MR) is 222 cm³/mol. The minimum absolute atomic E-state index is 0.551. The Hall–Kier alpha value is -6.71. The highest BCUT2D eigenvalue weighted by molar-refractivity contribution is 6.08. The van der Waals surface area contributed by atoms with Gasteiger partial charge in [-0.2, -0.15) is 0 Å². The molecule has 2 aromatic heterocycles. The highest BCUT2D eigenvalue weighted by atomic mass is 16.3. The summed E-state index contributed by atoms with van der Waals surface area (Å²) >= 11 is 0. The van der Waals surface area contributed by atoms with E-state index in [0.717, 1.165) is 88.7 Å². The number of rotatable bonds is 7. The van der Waals surface area contributed by atoms with Crippen LogP contribution < -0.4 is 0 Å². The molecule has 0 atom stereocenters. The van der Waals surface area contributed by atoms with Crippen molar-refractivity contribution in [3.63, 3.8) is 0 Å². The first-order valence-corrected chi connectivity index (χ1v) is 18.0. The van der Waals surface area contributed by atoms with Gasteiger partial charge >= 0.3 is 0 Å². The van der Waals surface area contributed by atoms with Crippen molar-refractivity contribution < 1.29 is 8.83 Å². The average Bonchev–Trinajstić information content (AvgIpc) is 3.75. The molecule has 2 heterocycles. The van der Waals surface area contributed by atoms with Crippen LogP contribution in [0.4, 0.5) is 5.88 Å². The van der Waals surface area contributed by atoms with E-state index in [2.05, 4.69) is 135 Å². The molecular weight excluding hydrogens is 647 g/mol. The first-order chi connectivity index (χ1) is 25.9. The highest BCUT2D eigenvalue weighted by Crippen LogP contribution is 2.45. The zero-order valence-corrected chi connectivity index (χ0v) is 30.0. The number of hydrogen-bond acceptors (Lipinski definition) is 3. The number of hydrogen-bond donors (Lipinski definition) is 0. The van der Waals surface area contributed by atoms with Gasteiger partial charge in [-0.3, -0.25) is 0 Å². The second-order valence-corrected chi connectivity index (χ2v) is 13.7. The van der Waals surface area contributed by atoms with Gasteiger partial charge in [-0.15, -0.1) is 0 Å². The molecule has 0 aliphatic carbocycles. The third-order valence-electron chi connectivity index (χ3n) is 10.4. The Morgan fingerprint density at radius 2 is 1.19 bits per heavy atom. The summed E-state index contributed by atoms with van der Waals surface area (Å²) in [5, 5.41) is 3.22. The number of benzene rings is 7. The van der Waals surface area contributed by atoms with Crippen molar-refractivity contribution in [3.8, 4) is 33.4 Å². The molecule has 7 aromatic carbocycles.